The third-order valence-corrected chi connectivity index (χ3v) is 5.66. The van der Waals surface area contributed by atoms with Gasteiger partial charge in [0.1, 0.15) is 11.6 Å². The number of carbonyl (C=O) groups excluding carboxylic acids is 1. The molecular formula is C23H20FN3O2S. The van der Waals surface area contributed by atoms with Gasteiger partial charge in [0, 0.05) is 16.6 Å². The number of carbonyl (C=O) groups is 1. The van der Waals surface area contributed by atoms with E-state index < -0.39 is 0 Å². The van der Waals surface area contributed by atoms with E-state index in [1.807, 2.05) is 35.2 Å². The first-order chi connectivity index (χ1) is 14.5. The number of ether oxygens (including phenoxy) is 1. The second-order valence-corrected chi connectivity index (χ2v) is 7.76. The van der Waals surface area contributed by atoms with Gasteiger partial charge in [-0.25, -0.2) is 9.37 Å². The van der Waals surface area contributed by atoms with Gasteiger partial charge < -0.3 is 14.6 Å². The van der Waals surface area contributed by atoms with Crippen LogP contribution in [-0.2, 0) is 6.54 Å². The number of hydrogen-bond acceptors (Lipinski definition) is 4. The van der Waals surface area contributed by atoms with Gasteiger partial charge in [-0.3, -0.25) is 4.79 Å². The molecule has 0 spiro atoms. The number of nitrogens with one attached hydrogen (secondary N) is 1. The molecule has 0 bridgehead atoms. The first-order valence-electron chi connectivity index (χ1n) is 9.34. The van der Waals surface area contributed by atoms with Crippen molar-refractivity contribution in [3.63, 3.8) is 0 Å². The molecule has 0 saturated carbocycles. The lowest BCUT2D eigenvalue weighted by molar-refractivity contribution is 0.0951. The van der Waals surface area contributed by atoms with Crippen LogP contribution in [0, 0.1) is 12.7 Å². The van der Waals surface area contributed by atoms with E-state index in [2.05, 4.69) is 10.3 Å². The van der Waals surface area contributed by atoms with Crippen molar-refractivity contribution in [2.24, 2.45) is 0 Å². The van der Waals surface area contributed by atoms with Crippen LogP contribution in [0.4, 0.5) is 4.39 Å². The van der Waals surface area contributed by atoms with Crippen LogP contribution in [0.2, 0.25) is 0 Å². The van der Waals surface area contributed by atoms with Crippen molar-refractivity contribution in [1.82, 2.24) is 14.9 Å². The minimum Gasteiger partial charge on any atom is -0.495 e. The van der Waals surface area contributed by atoms with E-state index in [4.69, 9.17) is 4.74 Å². The highest BCUT2D eigenvalue weighted by Gasteiger charge is 2.13. The monoisotopic (exact) mass is 421 g/mol. The molecule has 2 aromatic heterocycles. The number of aryl methyl sites for hydroxylation is 1. The Labute approximate surface area is 177 Å². The Morgan fingerprint density at radius 1 is 1.20 bits per heavy atom. The smallest absolute Gasteiger partial charge is 0.251 e. The van der Waals surface area contributed by atoms with Gasteiger partial charge in [-0.15, -0.1) is 11.3 Å². The summed E-state index contributed by atoms with van der Waals surface area (Å²) >= 11 is 1.55. The van der Waals surface area contributed by atoms with Gasteiger partial charge in [0.15, 0.2) is 0 Å². The lowest BCUT2D eigenvalue weighted by Gasteiger charge is -2.12. The van der Waals surface area contributed by atoms with Crippen LogP contribution in [0.15, 0.2) is 66.4 Å². The molecule has 5 nitrogen and oxygen atoms in total. The van der Waals surface area contributed by atoms with Crippen LogP contribution in [-0.4, -0.2) is 22.6 Å². The number of nitrogens with zero attached hydrogens (tertiary/aromatic N) is 2. The van der Waals surface area contributed by atoms with Gasteiger partial charge >= 0.3 is 0 Å². The molecule has 2 aromatic carbocycles. The van der Waals surface area contributed by atoms with Gasteiger partial charge in [-0.2, -0.15) is 0 Å². The third kappa shape index (κ3) is 4.11. The number of methoxy groups -OCH3 is 1. The summed E-state index contributed by atoms with van der Waals surface area (Å²) in [6.07, 6.45) is 3.60. The highest BCUT2D eigenvalue weighted by molar-refractivity contribution is 7.10. The molecule has 0 unspecified atom stereocenters. The van der Waals surface area contributed by atoms with Crippen molar-refractivity contribution < 1.29 is 13.9 Å². The van der Waals surface area contributed by atoms with Crippen molar-refractivity contribution >= 4 is 17.2 Å². The van der Waals surface area contributed by atoms with E-state index in [9.17, 15) is 9.18 Å². The first kappa shape index (κ1) is 19.8. The topological polar surface area (TPSA) is 56.1 Å². The van der Waals surface area contributed by atoms with Gasteiger partial charge in [-0.05, 0) is 59.8 Å². The van der Waals surface area contributed by atoms with Gasteiger partial charge in [0.25, 0.3) is 5.91 Å². The van der Waals surface area contributed by atoms with Crippen LogP contribution >= 0.6 is 11.3 Å². The first-order valence-corrected chi connectivity index (χ1v) is 10.2. The fourth-order valence-corrected chi connectivity index (χ4v) is 4.05. The number of amides is 1. The standard InChI is InChI=1S/C23H20FN3O2S/c1-15-13-27(14-26-15)20-8-5-17(11-21(20)29-2)23(28)25-12-22-19(9-10-30-22)16-3-6-18(24)7-4-16/h3-11,13-14H,12H2,1-2H3,(H,25,28). The third-order valence-electron chi connectivity index (χ3n) is 4.74. The van der Waals surface area contributed by atoms with E-state index in [1.165, 1.54) is 12.1 Å². The predicted molar refractivity (Wildman–Crippen MR) is 116 cm³/mol. The highest BCUT2D eigenvalue weighted by Crippen LogP contribution is 2.29. The quantitative estimate of drug-likeness (QED) is 0.477. The summed E-state index contributed by atoms with van der Waals surface area (Å²) in [5, 5.41) is 4.92. The number of imidazole rings is 1. The van der Waals surface area contributed by atoms with Gasteiger partial charge in [0.05, 0.1) is 31.4 Å². The van der Waals surface area contributed by atoms with Crippen molar-refractivity contribution in [1.29, 1.82) is 0 Å². The minimum absolute atomic E-state index is 0.194. The van der Waals surface area contributed by atoms with E-state index in [0.717, 1.165) is 27.4 Å². The lowest BCUT2D eigenvalue weighted by Crippen LogP contribution is -2.22. The molecule has 1 N–H and O–H groups in total. The molecule has 0 atom stereocenters. The maximum Gasteiger partial charge on any atom is 0.251 e. The molecule has 152 valence electrons. The Morgan fingerprint density at radius 2 is 2.00 bits per heavy atom. The molecule has 0 aliphatic carbocycles. The van der Waals surface area contributed by atoms with Crippen molar-refractivity contribution in [3.8, 4) is 22.6 Å². The molecule has 4 rings (SSSR count). The molecule has 1 amide bonds. The number of rotatable bonds is 6. The average Bonchev–Trinajstić information content (AvgIpc) is 3.41. The number of halogens is 1. The van der Waals surface area contributed by atoms with Crippen LogP contribution < -0.4 is 10.1 Å². The SMILES string of the molecule is COc1cc(C(=O)NCc2sccc2-c2ccc(F)cc2)ccc1-n1cnc(C)c1. The average molecular weight is 421 g/mol. The van der Waals surface area contributed by atoms with E-state index in [0.29, 0.717) is 17.9 Å². The second-order valence-electron chi connectivity index (χ2n) is 6.76. The van der Waals surface area contributed by atoms with Crippen LogP contribution in [0.25, 0.3) is 16.8 Å². The lowest BCUT2D eigenvalue weighted by atomic mass is 10.1. The van der Waals surface area contributed by atoms with Gasteiger partial charge in [0.2, 0.25) is 0 Å². The fraction of sp³-hybridized carbons (Fsp3) is 0.130. The number of hydrogen-bond donors (Lipinski definition) is 1. The Hall–Kier alpha value is -3.45. The van der Waals surface area contributed by atoms with E-state index >= 15 is 0 Å². The highest BCUT2D eigenvalue weighted by atomic mass is 32.1. The largest absolute Gasteiger partial charge is 0.495 e. The zero-order chi connectivity index (χ0) is 21.1. The Kier molecular flexibility index (Phi) is 5.63. The number of thiophene rings is 1. The molecule has 7 heteroatoms. The van der Waals surface area contributed by atoms with Crippen LogP contribution in [0.5, 0.6) is 5.75 Å². The molecular weight excluding hydrogens is 401 g/mol. The molecule has 30 heavy (non-hydrogen) atoms. The van der Waals surface area contributed by atoms with Crippen molar-refractivity contribution in [3.05, 3.63) is 88.4 Å². The summed E-state index contributed by atoms with van der Waals surface area (Å²) < 4.78 is 20.5. The Morgan fingerprint density at radius 3 is 2.70 bits per heavy atom. The van der Waals surface area contributed by atoms with E-state index in [1.54, 1.807) is 49.0 Å². The number of benzene rings is 2. The molecule has 2 heterocycles. The second kappa shape index (κ2) is 8.51. The zero-order valence-corrected chi connectivity index (χ0v) is 17.4. The molecule has 0 saturated heterocycles. The summed E-state index contributed by atoms with van der Waals surface area (Å²) in [4.78, 5) is 18.0. The summed E-state index contributed by atoms with van der Waals surface area (Å²) in [7, 11) is 1.57. The molecule has 0 aliphatic rings. The summed E-state index contributed by atoms with van der Waals surface area (Å²) in [5.41, 5.74) is 4.12. The molecule has 4 aromatic rings. The van der Waals surface area contributed by atoms with Crippen molar-refractivity contribution in [2.75, 3.05) is 7.11 Å². The number of aromatic nitrogens is 2. The summed E-state index contributed by atoms with van der Waals surface area (Å²) in [6, 6.07) is 13.6. The Balaban J connectivity index is 1.50. The maximum absolute atomic E-state index is 13.2. The van der Waals surface area contributed by atoms with Gasteiger partial charge in [-0.1, -0.05) is 12.1 Å². The van der Waals surface area contributed by atoms with E-state index in [-0.39, 0.29) is 11.7 Å². The van der Waals surface area contributed by atoms with Crippen LogP contribution in [0.1, 0.15) is 20.9 Å². The maximum atomic E-state index is 13.2. The summed E-state index contributed by atoms with van der Waals surface area (Å²) in [6.45, 7) is 2.30. The molecule has 0 radical (unpaired) electrons. The predicted octanol–water partition coefficient (Wildman–Crippen LogP) is 4.99. The zero-order valence-electron chi connectivity index (χ0n) is 16.6. The Bertz CT molecular complexity index is 1180. The minimum atomic E-state index is -0.271. The van der Waals surface area contributed by atoms with Crippen molar-refractivity contribution in [2.45, 2.75) is 13.5 Å². The summed E-state index contributed by atoms with van der Waals surface area (Å²) in [5.74, 6) is 0.121. The molecule has 0 aliphatic heterocycles. The molecule has 0 fully saturated rings. The fourth-order valence-electron chi connectivity index (χ4n) is 3.21. The van der Waals surface area contributed by atoms with Crippen LogP contribution in [0.3, 0.4) is 0 Å². The normalized spacial score (nSPS) is 10.8.